The van der Waals surface area contributed by atoms with Crippen molar-refractivity contribution in [2.24, 2.45) is 0 Å². The summed E-state index contributed by atoms with van der Waals surface area (Å²) in [5.74, 6) is -1.33. The number of carbonyl (C=O) groups is 2. The van der Waals surface area contributed by atoms with Crippen LogP contribution in [0.2, 0.25) is 0 Å². The minimum absolute atomic E-state index is 0.0131. The van der Waals surface area contributed by atoms with Gasteiger partial charge < -0.3 is 9.94 Å². The fourth-order valence-corrected chi connectivity index (χ4v) is 0.927. The largest absolute Gasteiger partial charge is 0.481 e. The molecule has 0 amide bonds. The second-order valence-corrected chi connectivity index (χ2v) is 2.75. The molecule has 1 aromatic heterocycles. The SMILES string of the molecule is O=C(O)CCCC(=O)On1cccc1. The molecule has 5 heteroatoms. The summed E-state index contributed by atoms with van der Waals surface area (Å²) in [6, 6.07) is 3.45. The van der Waals surface area contributed by atoms with E-state index in [0.717, 1.165) is 0 Å². The van der Waals surface area contributed by atoms with Gasteiger partial charge in [-0.3, -0.25) is 4.79 Å². The van der Waals surface area contributed by atoms with Crippen LogP contribution in [-0.2, 0) is 9.59 Å². The standard InChI is InChI=1S/C9H11NO4/c11-8(12)4-3-5-9(13)14-10-6-1-2-7-10/h1-2,6-7H,3-5H2,(H,11,12). The number of carboxylic acids is 1. The first-order valence-electron chi connectivity index (χ1n) is 4.24. The smallest absolute Gasteiger partial charge is 0.332 e. The lowest BCUT2D eigenvalue weighted by Gasteiger charge is -2.02. The maximum absolute atomic E-state index is 11.1. The lowest BCUT2D eigenvalue weighted by atomic mass is 10.2. The van der Waals surface area contributed by atoms with Gasteiger partial charge in [0, 0.05) is 25.2 Å². The van der Waals surface area contributed by atoms with Gasteiger partial charge in [-0.25, -0.2) is 4.79 Å². The maximum atomic E-state index is 11.1. The molecule has 0 fully saturated rings. The molecule has 0 saturated carbocycles. The third kappa shape index (κ3) is 3.75. The second-order valence-electron chi connectivity index (χ2n) is 2.75. The molecule has 0 unspecified atom stereocenters. The zero-order valence-corrected chi connectivity index (χ0v) is 7.55. The van der Waals surface area contributed by atoms with E-state index in [0.29, 0.717) is 6.42 Å². The number of hydrogen-bond donors (Lipinski definition) is 1. The summed E-state index contributed by atoms with van der Waals surface area (Å²) in [7, 11) is 0. The molecule has 5 nitrogen and oxygen atoms in total. The van der Waals surface area contributed by atoms with Gasteiger partial charge in [0.2, 0.25) is 0 Å². The zero-order valence-electron chi connectivity index (χ0n) is 7.55. The Hall–Kier alpha value is -1.78. The number of carbonyl (C=O) groups excluding carboxylic acids is 1. The van der Waals surface area contributed by atoms with E-state index in [-0.39, 0.29) is 12.8 Å². The van der Waals surface area contributed by atoms with Crippen molar-refractivity contribution in [2.45, 2.75) is 19.3 Å². The van der Waals surface area contributed by atoms with E-state index in [2.05, 4.69) is 0 Å². The predicted molar refractivity (Wildman–Crippen MR) is 47.5 cm³/mol. The molecule has 0 aliphatic carbocycles. The van der Waals surface area contributed by atoms with E-state index in [4.69, 9.17) is 9.94 Å². The summed E-state index contributed by atoms with van der Waals surface area (Å²) in [6.45, 7) is 0. The van der Waals surface area contributed by atoms with E-state index < -0.39 is 11.9 Å². The first kappa shape index (κ1) is 10.3. The Morgan fingerprint density at radius 3 is 2.43 bits per heavy atom. The van der Waals surface area contributed by atoms with Gasteiger partial charge in [-0.05, 0) is 18.6 Å². The fraction of sp³-hybridized carbons (Fsp3) is 0.333. The van der Waals surface area contributed by atoms with Crippen LogP contribution in [0.25, 0.3) is 0 Å². The third-order valence-electron chi connectivity index (χ3n) is 1.56. The number of aromatic nitrogens is 1. The summed E-state index contributed by atoms with van der Waals surface area (Å²) >= 11 is 0. The Morgan fingerprint density at radius 2 is 1.86 bits per heavy atom. The highest BCUT2D eigenvalue weighted by molar-refractivity contribution is 5.71. The lowest BCUT2D eigenvalue weighted by Crippen LogP contribution is -2.18. The minimum atomic E-state index is -0.904. The molecule has 1 aromatic rings. The van der Waals surface area contributed by atoms with E-state index in [9.17, 15) is 9.59 Å². The molecule has 1 N–H and O–H groups in total. The number of rotatable bonds is 5. The molecule has 0 atom stereocenters. The second kappa shape index (κ2) is 5.06. The predicted octanol–water partition coefficient (Wildman–Crippen LogP) is 0.698. The van der Waals surface area contributed by atoms with Gasteiger partial charge in [0.15, 0.2) is 0 Å². The lowest BCUT2D eigenvalue weighted by molar-refractivity contribution is -0.144. The van der Waals surface area contributed by atoms with Crippen LogP contribution in [0.4, 0.5) is 0 Å². The summed E-state index contributed by atoms with van der Waals surface area (Å²) in [4.78, 5) is 26.0. The molecular weight excluding hydrogens is 186 g/mol. The number of nitrogens with zero attached hydrogens (tertiary/aromatic N) is 1. The Bertz CT molecular complexity index is 305. The van der Waals surface area contributed by atoms with Gasteiger partial charge in [-0.15, -0.1) is 0 Å². The Labute approximate surface area is 80.9 Å². The molecule has 0 aliphatic heterocycles. The molecule has 76 valence electrons. The fourth-order valence-electron chi connectivity index (χ4n) is 0.927. The molecular formula is C9H11NO4. The highest BCUT2D eigenvalue weighted by Gasteiger charge is 2.05. The first-order chi connectivity index (χ1) is 6.68. The van der Waals surface area contributed by atoms with Crippen molar-refractivity contribution in [2.75, 3.05) is 0 Å². The number of hydrogen-bond acceptors (Lipinski definition) is 3. The van der Waals surface area contributed by atoms with Gasteiger partial charge >= 0.3 is 11.9 Å². The summed E-state index contributed by atoms with van der Waals surface area (Å²) in [6.07, 6.45) is 3.59. The number of aliphatic carboxylic acids is 1. The van der Waals surface area contributed by atoms with Crippen molar-refractivity contribution in [3.8, 4) is 0 Å². The Morgan fingerprint density at radius 1 is 1.21 bits per heavy atom. The highest BCUT2D eigenvalue weighted by Crippen LogP contribution is 1.96. The van der Waals surface area contributed by atoms with Gasteiger partial charge in [0.1, 0.15) is 0 Å². The molecule has 0 spiro atoms. The van der Waals surface area contributed by atoms with Gasteiger partial charge in [0.25, 0.3) is 0 Å². The third-order valence-corrected chi connectivity index (χ3v) is 1.56. The van der Waals surface area contributed by atoms with Gasteiger partial charge in [0.05, 0.1) is 0 Å². The summed E-state index contributed by atoms with van der Waals surface area (Å²) < 4.78 is 1.28. The molecule has 0 aromatic carbocycles. The Balaban J connectivity index is 2.20. The monoisotopic (exact) mass is 197 g/mol. The van der Waals surface area contributed by atoms with Crippen LogP contribution < -0.4 is 4.84 Å². The summed E-state index contributed by atoms with van der Waals surface area (Å²) in [5, 5.41) is 8.33. The van der Waals surface area contributed by atoms with Crippen LogP contribution in [0, 0.1) is 0 Å². The maximum Gasteiger partial charge on any atom is 0.332 e. The zero-order chi connectivity index (χ0) is 10.4. The van der Waals surface area contributed by atoms with Crippen molar-refractivity contribution in [1.29, 1.82) is 0 Å². The normalized spacial score (nSPS) is 9.71. The molecule has 1 rings (SSSR count). The van der Waals surface area contributed by atoms with Crippen LogP contribution in [0.3, 0.4) is 0 Å². The average Bonchev–Trinajstić information content (AvgIpc) is 2.56. The van der Waals surface area contributed by atoms with Crippen LogP contribution in [-0.4, -0.2) is 21.8 Å². The van der Waals surface area contributed by atoms with E-state index in [1.54, 1.807) is 24.5 Å². The minimum Gasteiger partial charge on any atom is -0.481 e. The van der Waals surface area contributed by atoms with Crippen LogP contribution in [0.15, 0.2) is 24.5 Å². The van der Waals surface area contributed by atoms with Crippen molar-refractivity contribution in [3.63, 3.8) is 0 Å². The molecule has 0 bridgehead atoms. The molecule has 0 saturated heterocycles. The quantitative estimate of drug-likeness (QED) is 0.754. The molecule has 0 radical (unpaired) electrons. The van der Waals surface area contributed by atoms with Crippen LogP contribution >= 0.6 is 0 Å². The van der Waals surface area contributed by atoms with E-state index in [1.807, 2.05) is 0 Å². The van der Waals surface area contributed by atoms with Crippen LogP contribution in [0.5, 0.6) is 0 Å². The highest BCUT2D eigenvalue weighted by atomic mass is 16.7. The average molecular weight is 197 g/mol. The van der Waals surface area contributed by atoms with E-state index >= 15 is 0 Å². The van der Waals surface area contributed by atoms with Crippen molar-refractivity contribution < 1.29 is 19.5 Å². The van der Waals surface area contributed by atoms with Gasteiger partial charge in [-0.1, -0.05) is 0 Å². The Kier molecular flexibility index (Phi) is 3.72. The first-order valence-corrected chi connectivity index (χ1v) is 4.24. The van der Waals surface area contributed by atoms with Crippen molar-refractivity contribution >= 4 is 11.9 Å². The number of carboxylic acid groups (broad SMARTS) is 1. The molecule has 1 heterocycles. The van der Waals surface area contributed by atoms with E-state index in [1.165, 1.54) is 4.73 Å². The van der Waals surface area contributed by atoms with Crippen LogP contribution in [0.1, 0.15) is 19.3 Å². The topological polar surface area (TPSA) is 68.5 Å². The van der Waals surface area contributed by atoms with Crippen molar-refractivity contribution in [1.82, 2.24) is 4.73 Å². The summed E-state index contributed by atoms with van der Waals surface area (Å²) in [5.41, 5.74) is 0. The molecule has 0 aliphatic rings. The van der Waals surface area contributed by atoms with Gasteiger partial charge in [-0.2, -0.15) is 4.73 Å². The molecule has 14 heavy (non-hydrogen) atoms. The van der Waals surface area contributed by atoms with Crippen molar-refractivity contribution in [3.05, 3.63) is 24.5 Å².